The molecule has 1 atom stereocenters. The molecule has 0 bridgehead atoms. The van der Waals surface area contributed by atoms with Crippen LogP contribution in [0.5, 0.6) is 5.75 Å². The van der Waals surface area contributed by atoms with Crippen molar-refractivity contribution in [3.63, 3.8) is 0 Å². The number of nitro groups is 2. The van der Waals surface area contributed by atoms with Gasteiger partial charge in [-0.2, -0.15) is 0 Å². The highest BCUT2D eigenvalue weighted by molar-refractivity contribution is 8.15. The number of carbonyl (C=O) groups excluding carboxylic acids is 3. The summed E-state index contributed by atoms with van der Waals surface area (Å²) in [6, 6.07) is 4.28. The van der Waals surface area contributed by atoms with Gasteiger partial charge in [-0.15, -0.1) is 0 Å². The predicted molar refractivity (Wildman–Crippen MR) is 107 cm³/mol. The van der Waals surface area contributed by atoms with E-state index in [0.29, 0.717) is 17.8 Å². The molecule has 2 aliphatic heterocycles. The van der Waals surface area contributed by atoms with Gasteiger partial charge < -0.3 is 10.1 Å². The minimum absolute atomic E-state index is 0.0164. The molecule has 164 valence electrons. The number of nitrogens with zero attached hydrogens (tertiary/aromatic N) is 2. The standard InChI is InChI=1S/C18H11FN4O8S/c19-9-5-12-14(31-2-1-18(12)16(25)21-17(26)32-18)13(6-9)20-15(24)8-3-10(22(27)28)7-11(4-8)23(29)30/h3-7H,1-2H2,(H,20,24)(H,21,25,26). The SMILES string of the molecule is O=C1NC(=O)C2(CCOc3c(NC(=O)c4cc([N+](=O)[O-])cc([N+](=O)[O-])c4)cc(F)cc32)S1. The van der Waals surface area contributed by atoms with E-state index >= 15 is 0 Å². The van der Waals surface area contributed by atoms with Crippen LogP contribution in [0.3, 0.4) is 0 Å². The number of amides is 3. The van der Waals surface area contributed by atoms with E-state index in [1.807, 2.05) is 0 Å². The van der Waals surface area contributed by atoms with Crippen LogP contribution in [0.2, 0.25) is 0 Å². The Morgan fingerprint density at radius 2 is 1.78 bits per heavy atom. The number of nitro benzene ring substituents is 2. The number of non-ortho nitro benzene ring substituents is 2. The lowest BCUT2D eigenvalue weighted by atomic mass is 9.90. The molecule has 2 N–H and O–H groups in total. The maximum Gasteiger partial charge on any atom is 0.287 e. The highest BCUT2D eigenvalue weighted by Crippen LogP contribution is 2.52. The maximum atomic E-state index is 14.4. The Kier molecular flexibility index (Phi) is 5.00. The molecule has 14 heteroatoms. The van der Waals surface area contributed by atoms with Gasteiger partial charge in [-0.05, 0) is 17.8 Å². The highest BCUT2D eigenvalue weighted by Gasteiger charge is 2.53. The van der Waals surface area contributed by atoms with Crippen molar-refractivity contribution < 1.29 is 33.4 Å². The summed E-state index contributed by atoms with van der Waals surface area (Å²) in [6.07, 6.45) is 0.0795. The van der Waals surface area contributed by atoms with Gasteiger partial charge in [0.05, 0.1) is 33.8 Å². The fourth-order valence-corrected chi connectivity index (χ4v) is 4.52. The van der Waals surface area contributed by atoms with Crippen molar-refractivity contribution in [2.24, 2.45) is 0 Å². The topological polar surface area (TPSA) is 171 Å². The fraction of sp³-hybridized carbons (Fsp3) is 0.167. The van der Waals surface area contributed by atoms with Crippen molar-refractivity contribution in [2.75, 3.05) is 11.9 Å². The Labute approximate surface area is 181 Å². The molecule has 2 aliphatic rings. The number of thioether (sulfide) groups is 1. The van der Waals surface area contributed by atoms with Crippen LogP contribution in [0.25, 0.3) is 0 Å². The number of anilines is 1. The third kappa shape index (κ3) is 3.49. The molecular weight excluding hydrogens is 451 g/mol. The lowest BCUT2D eigenvalue weighted by Gasteiger charge is -2.32. The van der Waals surface area contributed by atoms with Gasteiger partial charge in [-0.3, -0.25) is 39.9 Å². The number of ether oxygens (including phenoxy) is 1. The monoisotopic (exact) mass is 462 g/mol. The van der Waals surface area contributed by atoms with Gasteiger partial charge >= 0.3 is 0 Å². The molecule has 0 aromatic heterocycles. The van der Waals surface area contributed by atoms with Crippen molar-refractivity contribution in [1.29, 1.82) is 0 Å². The van der Waals surface area contributed by atoms with Crippen molar-refractivity contribution in [3.8, 4) is 5.75 Å². The quantitative estimate of drug-likeness (QED) is 0.512. The van der Waals surface area contributed by atoms with Gasteiger partial charge in [-0.25, -0.2) is 4.39 Å². The number of carbonyl (C=O) groups is 3. The minimum Gasteiger partial charge on any atom is -0.491 e. The van der Waals surface area contributed by atoms with Crippen LogP contribution >= 0.6 is 11.8 Å². The molecule has 2 heterocycles. The molecule has 0 aliphatic carbocycles. The second-order valence-corrected chi connectivity index (χ2v) is 8.08. The second-order valence-electron chi connectivity index (χ2n) is 6.81. The Morgan fingerprint density at radius 3 is 2.34 bits per heavy atom. The van der Waals surface area contributed by atoms with E-state index in [4.69, 9.17) is 4.74 Å². The first-order valence-corrected chi connectivity index (χ1v) is 9.69. The Balaban J connectivity index is 1.76. The van der Waals surface area contributed by atoms with E-state index < -0.39 is 54.4 Å². The van der Waals surface area contributed by atoms with Gasteiger partial charge in [0.2, 0.25) is 5.91 Å². The fourth-order valence-electron chi connectivity index (χ4n) is 3.47. The average Bonchev–Trinajstić information content (AvgIpc) is 3.01. The summed E-state index contributed by atoms with van der Waals surface area (Å²) < 4.78 is 18.5. The number of fused-ring (bicyclic) bond motifs is 2. The minimum atomic E-state index is -1.43. The van der Waals surface area contributed by atoms with E-state index in [1.54, 1.807) is 0 Å². The number of hydrogen-bond donors (Lipinski definition) is 2. The molecule has 12 nitrogen and oxygen atoms in total. The van der Waals surface area contributed by atoms with Crippen LogP contribution in [-0.2, 0) is 9.54 Å². The van der Waals surface area contributed by atoms with Gasteiger partial charge in [-0.1, -0.05) is 0 Å². The number of imide groups is 1. The van der Waals surface area contributed by atoms with Crippen LogP contribution in [0, 0.1) is 26.0 Å². The average molecular weight is 462 g/mol. The Bertz CT molecular complexity index is 1200. The van der Waals surface area contributed by atoms with E-state index in [-0.39, 0.29) is 30.0 Å². The zero-order chi connectivity index (χ0) is 23.2. The van der Waals surface area contributed by atoms with Gasteiger partial charge in [0.25, 0.3) is 22.5 Å². The molecule has 3 amide bonds. The lowest BCUT2D eigenvalue weighted by Crippen LogP contribution is -2.39. The van der Waals surface area contributed by atoms with E-state index in [2.05, 4.69) is 10.6 Å². The molecule has 4 rings (SSSR count). The van der Waals surface area contributed by atoms with Crippen LogP contribution in [0.1, 0.15) is 22.3 Å². The van der Waals surface area contributed by atoms with Crippen molar-refractivity contribution in [1.82, 2.24) is 5.32 Å². The van der Waals surface area contributed by atoms with E-state index in [9.17, 15) is 39.0 Å². The van der Waals surface area contributed by atoms with E-state index in [0.717, 1.165) is 24.3 Å². The van der Waals surface area contributed by atoms with Gasteiger partial charge in [0.1, 0.15) is 16.3 Å². The van der Waals surface area contributed by atoms with Gasteiger partial charge in [0, 0.05) is 30.2 Å². The highest BCUT2D eigenvalue weighted by atomic mass is 32.2. The van der Waals surface area contributed by atoms with Crippen molar-refractivity contribution in [2.45, 2.75) is 11.2 Å². The first-order chi connectivity index (χ1) is 15.1. The maximum absolute atomic E-state index is 14.4. The van der Waals surface area contributed by atoms with Crippen molar-refractivity contribution in [3.05, 3.63) is 67.5 Å². The summed E-state index contributed by atoms with van der Waals surface area (Å²) in [5, 5.41) is 26.0. The summed E-state index contributed by atoms with van der Waals surface area (Å²) in [6.45, 7) is -0.0164. The molecule has 0 saturated carbocycles. The zero-order valence-corrected chi connectivity index (χ0v) is 16.6. The number of halogens is 1. The first kappa shape index (κ1) is 21.2. The molecule has 1 saturated heterocycles. The third-order valence-electron chi connectivity index (χ3n) is 4.87. The van der Waals surface area contributed by atoms with Gasteiger partial charge in [0.15, 0.2) is 0 Å². The number of rotatable bonds is 4. The number of benzene rings is 2. The molecule has 2 aromatic rings. The molecule has 32 heavy (non-hydrogen) atoms. The predicted octanol–water partition coefficient (Wildman–Crippen LogP) is 2.86. The summed E-state index contributed by atoms with van der Waals surface area (Å²) >= 11 is 0.674. The third-order valence-corrected chi connectivity index (χ3v) is 6.12. The van der Waals surface area contributed by atoms with Crippen LogP contribution in [0.15, 0.2) is 30.3 Å². The van der Waals surface area contributed by atoms with E-state index in [1.165, 1.54) is 0 Å². The summed E-state index contributed by atoms with van der Waals surface area (Å²) in [4.78, 5) is 57.3. The Hall–Kier alpha value is -4.07. The van der Waals surface area contributed by atoms with Crippen LogP contribution < -0.4 is 15.4 Å². The van der Waals surface area contributed by atoms with Crippen LogP contribution in [-0.4, -0.2) is 33.5 Å². The summed E-state index contributed by atoms with van der Waals surface area (Å²) in [5.74, 6) is -2.55. The van der Waals surface area contributed by atoms with Crippen LogP contribution in [0.4, 0.5) is 26.2 Å². The molecule has 1 unspecified atom stereocenters. The molecule has 1 spiro atoms. The lowest BCUT2D eigenvalue weighted by molar-refractivity contribution is -0.394. The number of hydrogen-bond acceptors (Lipinski definition) is 9. The van der Waals surface area contributed by atoms with Crippen molar-refractivity contribution >= 4 is 45.9 Å². The molecule has 2 aromatic carbocycles. The smallest absolute Gasteiger partial charge is 0.287 e. The largest absolute Gasteiger partial charge is 0.491 e. The molecular formula is C18H11FN4O8S. The first-order valence-electron chi connectivity index (χ1n) is 8.87. The normalized spacial score (nSPS) is 19.2. The Morgan fingerprint density at radius 1 is 1.12 bits per heavy atom. The summed E-state index contributed by atoms with van der Waals surface area (Å²) in [5.41, 5.74) is -1.95. The number of nitrogens with one attached hydrogen (secondary N) is 2. The molecule has 1 fully saturated rings. The second kappa shape index (κ2) is 7.56. The zero-order valence-electron chi connectivity index (χ0n) is 15.7. The summed E-state index contributed by atoms with van der Waals surface area (Å²) in [7, 11) is 0. The molecule has 0 radical (unpaired) electrons.